The maximum atomic E-state index is 11.0. The molecule has 57 heavy (non-hydrogen) atoms. The zero-order valence-corrected chi connectivity index (χ0v) is 32.7. The molecule has 0 aliphatic rings. The lowest BCUT2D eigenvalue weighted by Crippen LogP contribution is -2.23. The molecule has 1 aromatic heterocycles. The fourth-order valence-electron chi connectivity index (χ4n) is 6.48. The summed E-state index contributed by atoms with van der Waals surface area (Å²) in [5, 5.41) is 50.3. The summed E-state index contributed by atoms with van der Waals surface area (Å²) >= 11 is 6.73. The Labute approximate surface area is 337 Å². The molecule has 0 radical (unpaired) electrons. The number of halogens is 1. The molecule has 0 aliphatic heterocycles. The second kappa shape index (κ2) is 20.8. The molecule has 0 fully saturated rings. The van der Waals surface area contributed by atoms with Crippen molar-refractivity contribution < 1.29 is 34.3 Å². The van der Waals surface area contributed by atoms with Gasteiger partial charge in [-0.2, -0.15) is 15.5 Å². The number of hydrogen-bond acceptors (Lipinski definition) is 10. The first-order valence-electron chi connectivity index (χ1n) is 18.6. The number of aliphatic hydroxyl groups excluding tert-OH is 2. The van der Waals surface area contributed by atoms with Crippen LogP contribution in [0.3, 0.4) is 0 Å². The molecule has 0 spiro atoms. The normalized spacial score (nSPS) is 11.4. The van der Waals surface area contributed by atoms with Gasteiger partial charge in [-0.25, -0.2) is 0 Å². The number of carboxylic acids is 1. The molecule has 0 bridgehead atoms. The summed E-state index contributed by atoms with van der Waals surface area (Å²) in [5.74, 6) is 0.0845. The number of aromatic nitrogens is 1. The summed E-state index contributed by atoms with van der Waals surface area (Å²) in [4.78, 5) is 15.7. The smallest absolute Gasteiger partial charge is 0.305 e. The van der Waals surface area contributed by atoms with Crippen LogP contribution in [0.5, 0.6) is 17.5 Å². The van der Waals surface area contributed by atoms with Crippen LogP contribution in [0.1, 0.15) is 58.2 Å². The van der Waals surface area contributed by atoms with Crippen LogP contribution in [0.4, 0.5) is 0 Å². The van der Waals surface area contributed by atoms with Gasteiger partial charge in [0.2, 0.25) is 11.8 Å². The highest BCUT2D eigenvalue weighted by Crippen LogP contribution is 2.36. The second-order valence-corrected chi connectivity index (χ2v) is 13.9. The monoisotopic (exact) mass is 788 g/mol. The fraction of sp³-hybridized carbons (Fsp3) is 0.289. The van der Waals surface area contributed by atoms with Crippen LogP contribution in [0.2, 0.25) is 5.02 Å². The van der Waals surface area contributed by atoms with E-state index in [4.69, 9.17) is 36.0 Å². The summed E-state index contributed by atoms with van der Waals surface area (Å²) in [6, 6.07) is 30.9. The third kappa shape index (κ3) is 11.8. The van der Waals surface area contributed by atoms with E-state index < -0.39 is 12.1 Å². The fourth-order valence-corrected chi connectivity index (χ4v) is 6.71. The average molecular weight is 789 g/mol. The molecule has 5 rings (SSSR count). The number of carboxylic acid groups (broad SMARTS) is 1. The zero-order chi connectivity index (χ0) is 40.7. The van der Waals surface area contributed by atoms with Gasteiger partial charge in [-0.3, -0.25) is 4.79 Å². The highest BCUT2D eigenvalue weighted by Gasteiger charge is 2.18. The lowest BCUT2D eigenvalue weighted by Gasteiger charge is -2.18. The van der Waals surface area contributed by atoms with Crippen LogP contribution < -0.4 is 19.5 Å². The molecule has 0 unspecified atom stereocenters. The van der Waals surface area contributed by atoms with Gasteiger partial charge in [0.05, 0.1) is 42.4 Å². The first kappa shape index (κ1) is 42.2. The number of carbonyl (C=O) groups is 1. The molecule has 0 amide bonds. The minimum atomic E-state index is -1.08. The molecule has 1 heterocycles. The first-order valence-corrected chi connectivity index (χ1v) is 19.0. The van der Waals surface area contributed by atoms with E-state index in [2.05, 4.69) is 72.7 Å². The predicted molar refractivity (Wildman–Crippen MR) is 217 cm³/mol. The van der Waals surface area contributed by atoms with Gasteiger partial charge in [0.25, 0.3) is 0 Å². The largest absolute Gasteiger partial charge is 0.492 e. The van der Waals surface area contributed by atoms with Crippen molar-refractivity contribution in [2.24, 2.45) is 0 Å². The lowest BCUT2D eigenvalue weighted by atomic mass is 9.89. The number of hydrogen-bond donors (Lipinski definition) is 4. The van der Waals surface area contributed by atoms with Gasteiger partial charge >= 0.3 is 5.97 Å². The Kier molecular flexibility index (Phi) is 15.4. The van der Waals surface area contributed by atoms with Crippen molar-refractivity contribution in [3.05, 3.63) is 129 Å². The minimum Gasteiger partial charge on any atom is -0.492 e. The lowest BCUT2D eigenvalue weighted by molar-refractivity contribution is -0.139. The first-order chi connectivity index (χ1) is 27.6. The van der Waals surface area contributed by atoms with E-state index in [1.807, 2.05) is 24.3 Å². The third-order valence-corrected chi connectivity index (χ3v) is 9.71. The van der Waals surface area contributed by atoms with Gasteiger partial charge < -0.3 is 34.8 Å². The maximum Gasteiger partial charge on any atom is 0.305 e. The summed E-state index contributed by atoms with van der Waals surface area (Å²) in [5.41, 5.74) is 9.30. The number of nitrogens with zero attached hydrogens (tertiary/aromatic N) is 3. The molecule has 11 nitrogen and oxygen atoms in total. The molecule has 294 valence electrons. The Bertz CT molecular complexity index is 2220. The molecule has 4 aromatic carbocycles. The van der Waals surface area contributed by atoms with Gasteiger partial charge in [0.15, 0.2) is 0 Å². The van der Waals surface area contributed by atoms with Crippen LogP contribution in [-0.2, 0) is 24.4 Å². The SMILES string of the molecule is Cc1c(COc2nc(OCc3cc(C#N)cc(C#N)c3)c(CCC[C@@H](O)CC(=O)O)cc2Cl)cccc1-c1cccc(-c2ccc(OCCNCCO)cc2)c1C. The number of benzene rings is 4. The van der Waals surface area contributed by atoms with Crippen molar-refractivity contribution in [1.29, 1.82) is 10.5 Å². The molecule has 1 atom stereocenters. The Morgan fingerprint density at radius 1 is 0.825 bits per heavy atom. The zero-order valence-electron chi connectivity index (χ0n) is 31.9. The molecule has 5 aromatic rings. The predicted octanol–water partition coefficient (Wildman–Crippen LogP) is 7.71. The molecular formula is C45H45ClN4O7. The van der Waals surface area contributed by atoms with Crippen molar-refractivity contribution in [1.82, 2.24) is 10.3 Å². The van der Waals surface area contributed by atoms with E-state index in [-0.39, 0.29) is 49.4 Å². The Morgan fingerprint density at radius 3 is 2.18 bits per heavy atom. The average Bonchev–Trinajstić information content (AvgIpc) is 3.20. The van der Waals surface area contributed by atoms with E-state index in [1.54, 1.807) is 18.2 Å². The minimum absolute atomic E-state index is 0.00818. The summed E-state index contributed by atoms with van der Waals surface area (Å²) in [6.45, 7) is 6.12. The highest BCUT2D eigenvalue weighted by atomic mass is 35.5. The topological polar surface area (TPSA) is 178 Å². The molecule has 4 N–H and O–H groups in total. The number of ether oxygens (including phenoxy) is 3. The highest BCUT2D eigenvalue weighted by molar-refractivity contribution is 6.31. The van der Waals surface area contributed by atoms with Crippen LogP contribution in [-0.4, -0.2) is 58.7 Å². The number of aliphatic hydroxyl groups is 2. The van der Waals surface area contributed by atoms with Crippen molar-refractivity contribution in [2.45, 2.75) is 58.8 Å². The standard InChI is InChI=1S/C45H45ClN4O7/c1-29-36(7-4-10-40(29)41-11-5-9-39(30(41)2)34-12-14-38(15-13-34)55-19-17-49-16-18-51)28-57-45-42(46)23-35(6-3-8-37(52)24-43(53)54)44(50-45)56-27-33-21-31(25-47)20-32(22-33)26-48/h4-5,7,9-15,20-23,37,49,51-52H,3,6,8,16-19,24,27-28H2,1-2H3,(H,53,54)/t37-/m1/s1. The Morgan fingerprint density at radius 2 is 1.49 bits per heavy atom. The van der Waals surface area contributed by atoms with Crippen LogP contribution in [0, 0.1) is 36.5 Å². The van der Waals surface area contributed by atoms with Crippen LogP contribution in [0.15, 0.2) is 84.9 Å². The number of nitrogens with one attached hydrogen (secondary N) is 1. The van der Waals surface area contributed by atoms with Gasteiger partial charge in [-0.1, -0.05) is 60.1 Å². The van der Waals surface area contributed by atoms with Crippen LogP contribution >= 0.6 is 11.6 Å². The molecule has 0 saturated carbocycles. The molecule has 0 saturated heterocycles. The number of aliphatic carboxylic acids is 1. The number of aryl methyl sites for hydroxylation is 1. The number of pyridine rings is 1. The van der Waals surface area contributed by atoms with E-state index in [0.29, 0.717) is 54.8 Å². The van der Waals surface area contributed by atoms with Crippen molar-refractivity contribution in [3.8, 4) is 51.9 Å². The summed E-state index contributed by atoms with van der Waals surface area (Å²) in [6.07, 6.45) is -0.259. The summed E-state index contributed by atoms with van der Waals surface area (Å²) in [7, 11) is 0. The van der Waals surface area contributed by atoms with E-state index in [0.717, 1.165) is 44.7 Å². The van der Waals surface area contributed by atoms with E-state index in [9.17, 15) is 20.4 Å². The third-order valence-electron chi connectivity index (χ3n) is 9.44. The van der Waals surface area contributed by atoms with Gasteiger partial charge in [-0.15, -0.1) is 0 Å². The van der Waals surface area contributed by atoms with Gasteiger partial charge in [0.1, 0.15) is 30.6 Å². The van der Waals surface area contributed by atoms with Crippen LogP contribution in [0.25, 0.3) is 22.3 Å². The second-order valence-electron chi connectivity index (χ2n) is 13.5. The van der Waals surface area contributed by atoms with Gasteiger partial charge in [-0.05, 0) is 114 Å². The number of nitriles is 2. The van der Waals surface area contributed by atoms with E-state index >= 15 is 0 Å². The molecular weight excluding hydrogens is 744 g/mol. The molecule has 0 aliphatic carbocycles. The van der Waals surface area contributed by atoms with Crippen molar-refractivity contribution in [2.75, 3.05) is 26.3 Å². The number of rotatable bonds is 20. The van der Waals surface area contributed by atoms with Crippen molar-refractivity contribution in [3.63, 3.8) is 0 Å². The Hall–Kier alpha value is -5.95. The Balaban J connectivity index is 1.34. The maximum absolute atomic E-state index is 11.0. The summed E-state index contributed by atoms with van der Waals surface area (Å²) < 4.78 is 18.2. The van der Waals surface area contributed by atoms with E-state index in [1.165, 1.54) is 6.07 Å². The molecule has 12 heteroatoms. The van der Waals surface area contributed by atoms with Gasteiger partial charge in [0, 0.05) is 18.7 Å². The van der Waals surface area contributed by atoms with Crippen molar-refractivity contribution >= 4 is 17.6 Å². The quantitative estimate of drug-likeness (QED) is 0.0568.